The van der Waals surface area contributed by atoms with E-state index in [1.165, 1.54) is 12.1 Å². The predicted molar refractivity (Wildman–Crippen MR) is 78.1 cm³/mol. The van der Waals surface area contributed by atoms with Crippen molar-refractivity contribution in [2.45, 2.75) is 13.3 Å². The molecule has 22 heavy (non-hydrogen) atoms. The van der Waals surface area contributed by atoms with Crippen LogP contribution in [0.3, 0.4) is 0 Å². The number of phenols is 1. The minimum Gasteiger partial charge on any atom is -0.504 e. The average molecular weight is 325 g/mol. The van der Waals surface area contributed by atoms with E-state index in [-0.39, 0.29) is 0 Å². The van der Waals surface area contributed by atoms with Gasteiger partial charge in [0.15, 0.2) is 11.5 Å². The van der Waals surface area contributed by atoms with Gasteiger partial charge in [0.25, 0.3) is 0 Å². The number of aromatic hydroxyl groups is 1. The fraction of sp³-hybridized carbons (Fsp3) is 0.133. The van der Waals surface area contributed by atoms with Crippen molar-refractivity contribution in [2.24, 2.45) is 0 Å². The second-order valence-electron chi connectivity index (χ2n) is 4.65. The quantitative estimate of drug-likeness (QED) is 0.730. The average Bonchev–Trinajstić information content (AvgIpc) is 2.78. The van der Waals surface area contributed by atoms with Crippen LogP contribution in [0, 0.1) is 6.92 Å². The Balaban J connectivity index is 2.04. The van der Waals surface area contributed by atoms with Gasteiger partial charge in [-0.3, -0.25) is 0 Å². The van der Waals surface area contributed by atoms with Gasteiger partial charge < -0.3 is 9.84 Å². The maximum atomic E-state index is 12.3. The van der Waals surface area contributed by atoms with E-state index in [1.807, 2.05) is 13.0 Å². The fourth-order valence-corrected chi connectivity index (χ4v) is 2.93. The summed E-state index contributed by atoms with van der Waals surface area (Å²) in [7, 11) is 0. The van der Waals surface area contributed by atoms with E-state index in [1.54, 1.807) is 23.5 Å². The summed E-state index contributed by atoms with van der Waals surface area (Å²) in [6.07, 6.45) is -4.86. The van der Waals surface area contributed by atoms with Gasteiger partial charge in [0.2, 0.25) is 0 Å². The fourth-order valence-electron chi connectivity index (χ4n) is 2.12. The van der Waals surface area contributed by atoms with Gasteiger partial charge in [-0.1, -0.05) is 12.1 Å². The number of fused-ring (bicyclic) bond motifs is 1. The highest BCUT2D eigenvalue weighted by molar-refractivity contribution is 7.18. The molecule has 0 amide bonds. The molecule has 0 aliphatic carbocycles. The zero-order valence-electron chi connectivity index (χ0n) is 11.3. The molecular formula is C15H10F3NO2S. The first-order valence-electron chi connectivity index (χ1n) is 6.28. The van der Waals surface area contributed by atoms with Crippen molar-refractivity contribution in [1.82, 2.24) is 4.98 Å². The summed E-state index contributed by atoms with van der Waals surface area (Å²) in [5.41, 5.74) is 1.99. The monoisotopic (exact) mass is 325 g/mol. The van der Waals surface area contributed by atoms with Gasteiger partial charge in [-0.05, 0) is 42.3 Å². The number of hydrogen-bond acceptors (Lipinski definition) is 4. The third kappa shape index (κ3) is 2.99. The van der Waals surface area contributed by atoms with E-state index in [2.05, 4.69) is 9.72 Å². The number of aromatic nitrogens is 1. The van der Waals surface area contributed by atoms with E-state index < -0.39 is 17.9 Å². The number of benzene rings is 2. The first-order chi connectivity index (χ1) is 10.3. The summed E-state index contributed by atoms with van der Waals surface area (Å²) < 4.78 is 41.8. The van der Waals surface area contributed by atoms with E-state index >= 15 is 0 Å². The maximum absolute atomic E-state index is 12.3. The van der Waals surface area contributed by atoms with Crippen molar-refractivity contribution in [3.63, 3.8) is 0 Å². The Kier molecular flexibility index (Phi) is 3.44. The Labute approximate surface area is 127 Å². The van der Waals surface area contributed by atoms with Crippen LogP contribution in [0.2, 0.25) is 0 Å². The first kappa shape index (κ1) is 14.6. The summed E-state index contributed by atoms with van der Waals surface area (Å²) >= 11 is 1.54. The molecule has 0 aliphatic heterocycles. The van der Waals surface area contributed by atoms with Gasteiger partial charge in [-0.15, -0.1) is 24.5 Å². The number of ether oxygens (including phenoxy) is 1. The lowest BCUT2D eigenvalue weighted by Crippen LogP contribution is -2.17. The number of phenolic OH excluding ortho intramolecular Hbond substituents is 1. The molecule has 0 radical (unpaired) electrons. The minimum atomic E-state index is -4.86. The molecule has 0 unspecified atom stereocenters. The van der Waals surface area contributed by atoms with Gasteiger partial charge in [0, 0.05) is 0 Å². The standard InChI is InChI=1S/C15H10F3NO2S/c1-8-19-11-6-9(3-5-14(11)22-8)10-2-4-12(20)13(7-10)21-15(16,17)18/h2-7,20H,1H3. The maximum Gasteiger partial charge on any atom is 0.573 e. The normalized spacial score (nSPS) is 11.8. The van der Waals surface area contributed by atoms with Crippen molar-refractivity contribution >= 4 is 21.6 Å². The number of alkyl halides is 3. The Morgan fingerprint density at radius 2 is 1.77 bits per heavy atom. The van der Waals surface area contributed by atoms with Crippen LogP contribution in [0.1, 0.15) is 5.01 Å². The molecule has 0 atom stereocenters. The smallest absolute Gasteiger partial charge is 0.504 e. The second kappa shape index (κ2) is 5.17. The molecule has 1 aromatic heterocycles. The number of thiazole rings is 1. The van der Waals surface area contributed by atoms with Gasteiger partial charge in [0.05, 0.1) is 15.2 Å². The molecule has 114 valence electrons. The zero-order valence-corrected chi connectivity index (χ0v) is 12.1. The Morgan fingerprint density at radius 3 is 2.50 bits per heavy atom. The molecular weight excluding hydrogens is 315 g/mol. The molecule has 0 saturated heterocycles. The molecule has 1 heterocycles. The van der Waals surface area contributed by atoms with Gasteiger partial charge >= 0.3 is 6.36 Å². The third-order valence-corrected chi connectivity index (χ3v) is 3.97. The van der Waals surface area contributed by atoms with Crippen LogP contribution < -0.4 is 4.74 Å². The minimum absolute atomic E-state index is 0.504. The summed E-state index contributed by atoms with van der Waals surface area (Å²) in [5, 5.41) is 10.4. The summed E-state index contributed by atoms with van der Waals surface area (Å²) in [5.74, 6) is -1.19. The van der Waals surface area contributed by atoms with Crippen LogP contribution in [0.15, 0.2) is 36.4 Å². The van der Waals surface area contributed by atoms with Gasteiger partial charge in [-0.25, -0.2) is 4.98 Å². The lowest BCUT2D eigenvalue weighted by atomic mass is 10.0. The molecule has 0 saturated carbocycles. The number of nitrogens with zero attached hydrogens (tertiary/aromatic N) is 1. The number of rotatable bonds is 2. The van der Waals surface area contributed by atoms with Crippen molar-refractivity contribution < 1.29 is 23.0 Å². The number of hydrogen-bond donors (Lipinski definition) is 1. The van der Waals surface area contributed by atoms with E-state index in [0.717, 1.165) is 21.3 Å². The molecule has 3 rings (SSSR count). The first-order valence-corrected chi connectivity index (χ1v) is 7.10. The lowest BCUT2D eigenvalue weighted by molar-refractivity contribution is -0.275. The van der Waals surface area contributed by atoms with Crippen LogP contribution in [0.25, 0.3) is 21.3 Å². The van der Waals surface area contributed by atoms with E-state index in [0.29, 0.717) is 11.1 Å². The third-order valence-electron chi connectivity index (χ3n) is 3.01. The number of aryl methyl sites for hydroxylation is 1. The molecule has 3 nitrogen and oxygen atoms in total. The second-order valence-corrected chi connectivity index (χ2v) is 5.88. The Morgan fingerprint density at radius 1 is 1.09 bits per heavy atom. The highest BCUT2D eigenvalue weighted by atomic mass is 32.1. The van der Waals surface area contributed by atoms with Crippen LogP contribution in [0.4, 0.5) is 13.2 Å². The Bertz CT molecular complexity index is 842. The van der Waals surface area contributed by atoms with Crippen molar-refractivity contribution in [1.29, 1.82) is 0 Å². The van der Waals surface area contributed by atoms with Crippen LogP contribution in [-0.4, -0.2) is 16.5 Å². The topological polar surface area (TPSA) is 42.4 Å². The lowest BCUT2D eigenvalue weighted by Gasteiger charge is -2.11. The van der Waals surface area contributed by atoms with Gasteiger partial charge in [0.1, 0.15) is 0 Å². The molecule has 0 aliphatic rings. The molecule has 0 bridgehead atoms. The summed E-state index contributed by atoms with van der Waals surface area (Å²) in [6, 6.07) is 9.31. The molecule has 0 spiro atoms. The largest absolute Gasteiger partial charge is 0.573 e. The highest BCUT2D eigenvalue weighted by Gasteiger charge is 2.32. The summed E-state index contributed by atoms with van der Waals surface area (Å²) in [6.45, 7) is 1.89. The molecule has 3 aromatic rings. The van der Waals surface area contributed by atoms with Crippen LogP contribution in [0.5, 0.6) is 11.5 Å². The van der Waals surface area contributed by atoms with Crippen LogP contribution >= 0.6 is 11.3 Å². The Hall–Kier alpha value is -2.28. The van der Waals surface area contributed by atoms with Crippen molar-refractivity contribution in [3.05, 3.63) is 41.4 Å². The van der Waals surface area contributed by atoms with Crippen LogP contribution in [-0.2, 0) is 0 Å². The molecule has 7 heteroatoms. The molecule has 2 aromatic carbocycles. The molecule has 1 N–H and O–H groups in total. The summed E-state index contributed by atoms with van der Waals surface area (Å²) in [4.78, 5) is 4.36. The predicted octanol–water partition coefficient (Wildman–Crippen LogP) is 4.88. The van der Waals surface area contributed by atoms with Crippen molar-refractivity contribution in [3.8, 4) is 22.6 Å². The van der Waals surface area contributed by atoms with Crippen molar-refractivity contribution in [2.75, 3.05) is 0 Å². The van der Waals surface area contributed by atoms with E-state index in [4.69, 9.17) is 0 Å². The zero-order chi connectivity index (χ0) is 15.9. The molecule has 0 fully saturated rings. The van der Waals surface area contributed by atoms with E-state index in [9.17, 15) is 18.3 Å². The number of halogens is 3. The van der Waals surface area contributed by atoms with Gasteiger partial charge in [-0.2, -0.15) is 0 Å². The SMILES string of the molecule is Cc1nc2cc(-c3ccc(O)c(OC(F)(F)F)c3)ccc2s1. The highest BCUT2D eigenvalue weighted by Crippen LogP contribution is 2.36.